The molecule has 2 aromatic carbocycles. The Morgan fingerprint density at radius 1 is 1.12 bits per heavy atom. The molecule has 0 fully saturated rings. The molecule has 0 saturated carbocycles. The minimum Gasteiger partial charge on any atom is -0.326 e. The Hall–Kier alpha value is -3.55. The van der Waals surface area contributed by atoms with Crippen molar-refractivity contribution in [3.05, 3.63) is 82.2 Å². The van der Waals surface area contributed by atoms with Crippen LogP contribution in [-0.2, 0) is 19.9 Å². The fourth-order valence-electron chi connectivity index (χ4n) is 3.46. The van der Waals surface area contributed by atoms with Crippen LogP contribution in [0.25, 0.3) is 0 Å². The van der Waals surface area contributed by atoms with Gasteiger partial charge in [-0.1, -0.05) is 25.1 Å². The summed E-state index contributed by atoms with van der Waals surface area (Å²) in [5.74, 6) is -2.44. The van der Waals surface area contributed by atoms with Crippen molar-refractivity contribution in [2.24, 2.45) is 12.0 Å². The fraction of sp³-hybridized carbons (Fsp3) is 0.292. The molecule has 1 heterocycles. The molecule has 1 amide bonds. The van der Waals surface area contributed by atoms with Crippen LogP contribution in [0, 0.1) is 25.5 Å². The molecule has 3 aromatic rings. The number of hydrogen-bond donors (Lipinski definition) is 2. The molecule has 168 valence electrons. The number of guanidine groups is 1. The molecule has 0 aliphatic carbocycles. The predicted octanol–water partition coefficient (Wildman–Crippen LogP) is 4.32. The van der Waals surface area contributed by atoms with Crippen molar-refractivity contribution in [3.63, 3.8) is 0 Å². The molecule has 0 spiro atoms. The van der Waals surface area contributed by atoms with Crippen LogP contribution in [-0.4, -0.2) is 28.2 Å². The average Bonchev–Trinajstić information content (AvgIpc) is 3.01. The Bertz CT molecular complexity index is 1150. The Balaban J connectivity index is 1.83. The number of para-hydroxylation sites is 1. The van der Waals surface area contributed by atoms with Crippen LogP contribution in [0.3, 0.4) is 0 Å². The third-order valence-electron chi connectivity index (χ3n) is 5.36. The van der Waals surface area contributed by atoms with E-state index in [2.05, 4.69) is 20.7 Å². The molecular weight excluding hydrogens is 412 g/mol. The molecule has 32 heavy (non-hydrogen) atoms. The first-order chi connectivity index (χ1) is 15.3. The van der Waals surface area contributed by atoms with E-state index < -0.39 is 17.5 Å². The molecule has 0 unspecified atom stereocenters. The molecule has 0 bridgehead atoms. The molecule has 2 N–H and O–H groups in total. The number of aryl methyl sites for hydroxylation is 3. The highest BCUT2D eigenvalue weighted by Crippen LogP contribution is 2.16. The van der Waals surface area contributed by atoms with E-state index >= 15 is 0 Å². The number of anilines is 1. The first-order valence-electron chi connectivity index (χ1n) is 10.4. The fourth-order valence-corrected chi connectivity index (χ4v) is 3.46. The number of nitrogens with one attached hydrogen (secondary N) is 2. The van der Waals surface area contributed by atoms with Gasteiger partial charge in [-0.05, 0) is 62.1 Å². The summed E-state index contributed by atoms with van der Waals surface area (Å²) in [7, 11) is 1.89. The van der Waals surface area contributed by atoms with Gasteiger partial charge in [0.2, 0.25) is 5.96 Å². The van der Waals surface area contributed by atoms with Crippen LogP contribution in [0.5, 0.6) is 0 Å². The van der Waals surface area contributed by atoms with Gasteiger partial charge in [0.25, 0.3) is 5.91 Å². The van der Waals surface area contributed by atoms with Gasteiger partial charge in [0.1, 0.15) is 0 Å². The maximum Gasteiger partial charge on any atom is 0.258 e. The standard InChI is InChI=1S/C24H27F2N5O/c1-5-17-8-6-7-9-22(17)28-24(27-13-12-19-15(2)30-31(4)16(19)3)29-23(32)18-10-11-20(25)21(26)14-18/h6-11,14H,5,12-13H2,1-4H3,(H2,27,28,29,32). The summed E-state index contributed by atoms with van der Waals surface area (Å²) in [5.41, 5.74) is 4.98. The monoisotopic (exact) mass is 439 g/mol. The number of carbonyl (C=O) groups excluding carboxylic acids is 1. The van der Waals surface area contributed by atoms with E-state index in [9.17, 15) is 13.6 Å². The second kappa shape index (κ2) is 10.2. The van der Waals surface area contributed by atoms with Gasteiger partial charge in [-0.3, -0.25) is 19.8 Å². The number of nitrogens with zero attached hydrogens (tertiary/aromatic N) is 3. The molecule has 1 aromatic heterocycles. The van der Waals surface area contributed by atoms with Gasteiger partial charge in [0, 0.05) is 30.5 Å². The highest BCUT2D eigenvalue weighted by Gasteiger charge is 2.14. The van der Waals surface area contributed by atoms with Crippen molar-refractivity contribution in [1.82, 2.24) is 15.1 Å². The summed E-state index contributed by atoms with van der Waals surface area (Å²) in [4.78, 5) is 17.2. The number of aromatic nitrogens is 2. The molecule has 0 atom stereocenters. The van der Waals surface area contributed by atoms with E-state index in [-0.39, 0.29) is 11.5 Å². The molecule has 0 saturated heterocycles. The summed E-state index contributed by atoms with van der Waals surface area (Å²) >= 11 is 0. The highest BCUT2D eigenvalue weighted by atomic mass is 19.2. The van der Waals surface area contributed by atoms with Crippen LogP contribution in [0.1, 0.15) is 39.8 Å². The lowest BCUT2D eigenvalue weighted by Gasteiger charge is -2.14. The van der Waals surface area contributed by atoms with E-state index in [1.54, 1.807) is 0 Å². The lowest BCUT2D eigenvalue weighted by molar-refractivity contribution is 0.0976. The van der Waals surface area contributed by atoms with Gasteiger partial charge in [0.15, 0.2) is 11.6 Å². The van der Waals surface area contributed by atoms with Crippen LogP contribution >= 0.6 is 0 Å². The summed E-state index contributed by atoms with van der Waals surface area (Å²) in [5, 5.41) is 10.3. The van der Waals surface area contributed by atoms with Gasteiger partial charge in [-0.15, -0.1) is 0 Å². The van der Waals surface area contributed by atoms with Crippen molar-refractivity contribution < 1.29 is 13.6 Å². The minimum atomic E-state index is -1.08. The number of halogens is 2. The van der Waals surface area contributed by atoms with E-state index in [4.69, 9.17) is 0 Å². The average molecular weight is 440 g/mol. The number of aliphatic imine (C=N–C) groups is 1. The van der Waals surface area contributed by atoms with Crippen LogP contribution in [0.15, 0.2) is 47.5 Å². The van der Waals surface area contributed by atoms with E-state index in [1.807, 2.05) is 56.8 Å². The second-order valence-corrected chi connectivity index (χ2v) is 7.47. The van der Waals surface area contributed by atoms with E-state index in [0.717, 1.165) is 46.8 Å². The Labute approximate surface area is 186 Å². The first kappa shape index (κ1) is 23.1. The van der Waals surface area contributed by atoms with Crippen molar-refractivity contribution >= 4 is 17.6 Å². The predicted molar refractivity (Wildman–Crippen MR) is 122 cm³/mol. The molecule has 0 aliphatic rings. The molecule has 0 radical (unpaired) electrons. The third kappa shape index (κ3) is 5.38. The maximum atomic E-state index is 13.6. The van der Waals surface area contributed by atoms with Crippen LogP contribution in [0.2, 0.25) is 0 Å². The smallest absolute Gasteiger partial charge is 0.258 e. The van der Waals surface area contributed by atoms with Crippen LogP contribution < -0.4 is 10.6 Å². The molecule has 6 nitrogen and oxygen atoms in total. The maximum absolute atomic E-state index is 13.6. The zero-order valence-electron chi connectivity index (χ0n) is 18.7. The van der Waals surface area contributed by atoms with E-state index in [0.29, 0.717) is 13.0 Å². The number of rotatable bonds is 6. The lowest BCUT2D eigenvalue weighted by atomic mass is 10.1. The summed E-state index contributed by atoms with van der Waals surface area (Å²) in [6.45, 7) is 6.39. The van der Waals surface area contributed by atoms with Gasteiger partial charge in [-0.2, -0.15) is 5.10 Å². The highest BCUT2D eigenvalue weighted by molar-refractivity contribution is 6.10. The van der Waals surface area contributed by atoms with Crippen molar-refractivity contribution in [3.8, 4) is 0 Å². The van der Waals surface area contributed by atoms with Crippen LogP contribution in [0.4, 0.5) is 14.5 Å². The van der Waals surface area contributed by atoms with Crippen molar-refractivity contribution in [1.29, 1.82) is 0 Å². The van der Waals surface area contributed by atoms with Crippen molar-refractivity contribution in [2.75, 3.05) is 11.9 Å². The van der Waals surface area contributed by atoms with Crippen molar-refractivity contribution in [2.45, 2.75) is 33.6 Å². The number of benzene rings is 2. The largest absolute Gasteiger partial charge is 0.326 e. The minimum absolute atomic E-state index is 0.00104. The number of carbonyl (C=O) groups is 1. The zero-order valence-corrected chi connectivity index (χ0v) is 18.7. The third-order valence-corrected chi connectivity index (χ3v) is 5.36. The van der Waals surface area contributed by atoms with Gasteiger partial charge in [0.05, 0.1) is 5.69 Å². The SMILES string of the molecule is CCc1ccccc1NC(=NCCc1c(C)nn(C)c1C)NC(=O)c1ccc(F)c(F)c1. The number of hydrogen-bond acceptors (Lipinski definition) is 3. The quantitative estimate of drug-likeness (QED) is 0.444. The summed E-state index contributed by atoms with van der Waals surface area (Å²) in [6, 6.07) is 10.7. The molecule has 8 heteroatoms. The lowest BCUT2D eigenvalue weighted by Crippen LogP contribution is -2.36. The van der Waals surface area contributed by atoms with Gasteiger partial charge < -0.3 is 5.32 Å². The topological polar surface area (TPSA) is 71.3 Å². The Morgan fingerprint density at radius 3 is 2.53 bits per heavy atom. The van der Waals surface area contributed by atoms with Gasteiger partial charge >= 0.3 is 0 Å². The van der Waals surface area contributed by atoms with Gasteiger partial charge in [-0.25, -0.2) is 8.78 Å². The Morgan fingerprint density at radius 2 is 1.88 bits per heavy atom. The van der Waals surface area contributed by atoms with E-state index in [1.165, 1.54) is 6.07 Å². The second-order valence-electron chi connectivity index (χ2n) is 7.47. The summed E-state index contributed by atoms with van der Waals surface area (Å²) in [6.07, 6.45) is 1.44. The summed E-state index contributed by atoms with van der Waals surface area (Å²) < 4.78 is 28.7. The number of amides is 1. The normalized spacial score (nSPS) is 11.5. The molecule has 0 aliphatic heterocycles. The first-order valence-corrected chi connectivity index (χ1v) is 10.4. The molecular formula is C24H27F2N5O. The zero-order chi connectivity index (χ0) is 23.3. The molecule has 3 rings (SSSR count). The Kier molecular flexibility index (Phi) is 7.35.